The fraction of sp³-hybridized carbons (Fsp3) is 0.360. The highest BCUT2D eigenvalue weighted by atomic mass is 127. The third-order valence-electron chi connectivity index (χ3n) is 5.08. The fourth-order valence-electron chi connectivity index (χ4n) is 3.54. The van der Waals surface area contributed by atoms with Crippen molar-refractivity contribution in [3.63, 3.8) is 0 Å². The third kappa shape index (κ3) is 9.71. The number of aromatic nitrogens is 2. The monoisotopic (exact) mass is 610 g/mol. The van der Waals surface area contributed by atoms with Crippen LogP contribution >= 0.6 is 22.6 Å². The molecule has 2 N–H and O–H groups in total. The van der Waals surface area contributed by atoms with Crippen LogP contribution in [0.4, 0.5) is 5.69 Å². The summed E-state index contributed by atoms with van der Waals surface area (Å²) in [6.07, 6.45) is 4.30. The second-order valence-corrected chi connectivity index (χ2v) is 11.1. The van der Waals surface area contributed by atoms with Crippen molar-refractivity contribution in [2.24, 2.45) is 0 Å². The number of benzene rings is 2. The zero-order chi connectivity index (χ0) is 25.4. The molecule has 0 aliphatic carbocycles. The first-order chi connectivity index (χ1) is 16.6. The Morgan fingerprint density at radius 3 is 2.40 bits per heavy atom. The van der Waals surface area contributed by atoms with Crippen LogP contribution in [0.5, 0.6) is 0 Å². The number of hydrogen-bond acceptors (Lipinski definition) is 5. The molecule has 2 aromatic carbocycles. The number of carbonyl (C=O) groups excluding carboxylic acids is 1. The highest BCUT2D eigenvalue weighted by Gasteiger charge is 2.18. The van der Waals surface area contributed by atoms with Gasteiger partial charge in [0, 0.05) is 34.7 Å². The highest BCUT2D eigenvalue weighted by molar-refractivity contribution is 14.1. The molecule has 0 amide bonds. The molecule has 0 aliphatic heterocycles. The smallest absolute Gasteiger partial charge is 0.326 e. The van der Waals surface area contributed by atoms with Crippen molar-refractivity contribution >= 4 is 45.5 Å². The molecular formula is C25H31IN4O4S. The largest absolute Gasteiger partial charge is 0.459 e. The first kappa shape index (κ1) is 27.3. The topological polar surface area (TPSA) is 96.7 Å². The minimum absolute atomic E-state index is 0.116. The van der Waals surface area contributed by atoms with E-state index in [0.29, 0.717) is 12.2 Å². The maximum Gasteiger partial charge on any atom is 0.326 e. The van der Waals surface area contributed by atoms with E-state index in [1.165, 1.54) is 9.13 Å². The molecule has 1 aromatic heterocycles. The van der Waals surface area contributed by atoms with Gasteiger partial charge in [-0.05, 0) is 85.2 Å². The quantitative estimate of drug-likeness (QED) is 0.187. The van der Waals surface area contributed by atoms with E-state index in [4.69, 9.17) is 9.29 Å². The summed E-state index contributed by atoms with van der Waals surface area (Å²) >= 11 is 0.205. The summed E-state index contributed by atoms with van der Waals surface area (Å²) in [5, 5.41) is 0. The Morgan fingerprint density at radius 2 is 1.77 bits per heavy atom. The Hall–Kier alpha value is -2.28. The first-order valence-electron chi connectivity index (χ1n) is 11.2. The van der Waals surface area contributed by atoms with Crippen molar-refractivity contribution in [2.75, 3.05) is 11.3 Å². The first-order valence-corrected chi connectivity index (χ1v) is 13.4. The number of anilines is 1. The van der Waals surface area contributed by atoms with Crippen LogP contribution in [0, 0.1) is 3.57 Å². The Kier molecular flexibility index (Phi) is 9.84. The third-order valence-corrected chi connectivity index (χ3v) is 6.21. The minimum atomic E-state index is -2.09. The van der Waals surface area contributed by atoms with E-state index >= 15 is 0 Å². The standard InChI is InChI=1S/C25H31IN4O4S/c1-25(2,3)34-24(31)18-30-15-13-27-23(30)17-29(16-20-4-8-21(26)9-5-20)14-12-19-6-10-22(11-7-19)28-35(32)33/h4-11,13,15,28H,12,14,16-18H2,1-3H3,(H,32,33). The zero-order valence-electron chi connectivity index (χ0n) is 20.1. The van der Waals surface area contributed by atoms with E-state index in [2.05, 4.69) is 61.5 Å². The molecule has 3 rings (SSSR count). The molecule has 0 bridgehead atoms. The van der Waals surface area contributed by atoms with Crippen LogP contribution in [0.1, 0.15) is 37.7 Å². The van der Waals surface area contributed by atoms with Crippen molar-refractivity contribution in [3.05, 3.63) is 81.4 Å². The molecule has 3 aromatic rings. The average Bonchev–Trinajstić information content (AvgIpc) is 3.19. The summed E-state index contributed by atoms with van der Waals surface area (Å²) in [5.41, 5.74) is 2.37. The van der Waals surface area contributed by atoms with Crippen LogP contribution in [0.3, 0.4) is 0 Å². The molecule has 0 saturated carbocycles. The number of nitrogens with one attached hydrogen (secondary N) is 1. The Bertz CT molecular complexity index is 1130. The molecule has 10 heteroatoms. The molecular weight excluding hydrogens is 579 g/mol. The summed E-state index contributed by atoms with van der Waals surface area (Å²) in [7, 11) is 0. The molecule has 188 valence electrons. The van der Waals surface area contributed by atoms with Crippen LogP contribution < -0.4 is 4.72 Å². The molecule has 1 heterocycles. The number of imidazole rings is 1. The van der Waals surface area contributed by atoms with Gasteiger partial charge in [-0.15, -0.1) is 0 Å². The molecule has 1 unspecified atom stereocenters. The van der Waals surface area contributed by atoms with Crippen LogP contribution in [0.2, 0.25) is 0 Å². The van der Waals surface area contributed by atoms with Gasteiger partial charge in [-0.3, -0.25) is 19.0 Å². The van der Waals surface area contributed by atoms with Gasteiger partial charge in [0.1, 0.15) is 18.0 Å². The number of hydrogen-bond donors (Lipinski definition) is 2. The fourth-order valence-corrected chi connectivity index (χ4v) is 4.24. The number of rotatable bonds is 11. The highest BCUT2D eigenvalue weighted by Crippen LogP contribution is 2.15. The molecule has 35 heavy (non-hydrogen) atoms. The Labute approximate surface area is 222 Å². The predicted octanol–water partition coefficient (Wildman–Crippen LogP) is 4.62. The van der Waals surface area contributed by atoms with Crippen molar-refractivity contribution in [1.29, 1.82) is 0 Å². The summed E-state index contributed by atoms with van der Waals surface area (Å²) < 4.78 is 30.9. The van der Waals surface area contributed by atoms with E-state index in [0.717, 1.165) is 30.9 Å². The molecule has 0 fully saturated rings. The van der Waals surface area contributed by atoms with E-state index < -0.39 is 16.9 Å². The van der Waals surface area contributed by atoms with E-state index in [1.54, 1.807) is 24.5 Å². The van der Waals surface area contributed by atoms with Crippen LogP contribution in [-0.4, -0.2) is 41.3 Å². The molecule has 0 radical (unpaired) electrons. The number of halogens is 1. The second-order valence-electron chi connectivity index (χ2n) is 9.19. The van der Waals surface area contributed by atoms with Gasteiger partial charge in [-0.25, -0.2) is 9.19 Å². The molecule has 0 spiro atoms. The van der Waals surface area contributed by atoms with Gasteiger partial charge in [0.15, 0.2) is 0 Å². The van der Waals surface area contributed by atoms with Gasteiger partial charge in [-0.1, -0.05) is 24.3 Å². The summed E-state index contributed by atoms with van der Waals surface area (Å²) in [5.74, 6) is 0.504. The number of carbonyl (C=O) groups is 1. The van der Waals surface area contributed by atoms with Crippen LogP contribution in [-0.2, 0) is 46.9 Å². The Morgan fingerprint density at radius 1 is 1.11 bits per heavy atom. The summed E-state index contributed by atoms with van der Waals surface area (Å²) in [6.45, 7) is 7.76. The van der Waals surface area contributed by atoms with Crippen molar-refractivity contribution < 1.29 is 18.3 Å². The summed E-state index contributed by atoms with van der Waals surface area (Å²) in [4.78, 5) is 19.2. The van der Waals surface area contributed by atoms with Crippen LogP contribution in [0.25, 0.3) is 0 Å². The number of nitrogens with zero attached hydrogens (tertiary/aromatic N) is 3. The second kappa shape index (κ2) is 12.6. The van der Waals surface area contributed by atoms with Gasteiger partial charge in [0.25, 0.3) is 11.3 Å². The van der Waals surface area contributed by atoms with Gasteiger partial charge >= 0.3 is 5.97 Å². The lowest BCUT2D eigenvalue weighted by molar-refractivity contribution is -0.155. The SMILES string of the molecule is CC(C)(C)OC(=O)Cn1ccnc1CN(CCc1ccc(NS(=O)O)cc1)Cc1ccc(I)cc1. The maximum absolute atomic E-state index is 12.4. The average molecular weight is 611 g/mol. The van der Waals surface area contributed by atoms with Crippen molar-refractivity contribution in [3.8, 4) is 0 Å². The van der Waals surface area contributed by atoms with Gasteiger partial charge in [0.2, 0.25) is 0 Å². The van der Waals surface area contributed by atoms with Crippen molar-refractivity contribution in [2.45, 2.75) is 52.4 Å². The number of esters is 1. The van der Waals surface area contributed by atoms with Gasteiger partial charge < -0.3 is 9.30 Å². The van der Waals surface area contributed by atoms with Crippen molar-refractivity contribution in [1.82, 2.24) is 14.5 Å². The predicted molar refractivity (Wildman–Crippen MR) is 146 cm³/mol. The summed E-state index contributed by atoms with van der Waals surface area (Å²) in [6, 6.07) is 15.9. The molecule has 8 nitrogen and oxygen atoms in total. The van der Waals surface area contributed by atoms with Gasteiger partial charge in [-0.2, -0.15) is 0 Å². The van der Waals surface area contributed by atoms with Crippen LogP contribution in [0.15, 0.2) is 60.9 Å². The lowest BCUT2D eigenvalue weighted by atomic mass is 10.1. The molecule has 0 saturated heterocycles. The van der Waals surface area contributed by atoms with Gasteiger partial charge in [0.05, 0.1) is 6.54 Å². The molecule has 0 aliphatic rings. The number of ether oxygens (including phenoxy) is 1. The normalized spacial score (nSPS) is 12.5. The Balaban J connectivity index is 1.70. The lowest BCUT2D eigenvalue weighted by Crippen LogP contribution is -2.29. The minimum Gasteiger partial charge on any atom is -0.459 e. The van der Waals surface area contributed by atoms with E-state index in [9.17, 15) is 9.00 Å². The van der Waals surface area contributed by atoms with E-state index in [-0.39, 0.29) is 12.5 Å². The molecule has 1 atom stereocenters. The zero-order valence-corrected chi connectivity index (χ0v) is 23.1. The maximum atomic E-state index is 12.4. The van der Waals surface area contributed by atoms with E-state index in [1.807, 2.05) is 37.5 Å². The lowest BCUT2D eigenvalue weighted by Gasteiger charge is -2.23.